The average molecular weight is 393 g/mol. The lowest BCUT2D eigenvalue weighted by Gasteiger charge is -2.38. The van der Waals surface area contributed by atoms with Crippen molar-refractivity contribution in [3.05, 3.63) is 35.9 Å². The maximum Gasteiger partial charge on any atom is 0.298 e. The van der Waals surface area contributed by atoms with Gasteiger partial charge in [-0.15, -0.1) is 0 Å². The van der Waals surface area contributed by atoms with Gasteiger partial charge in [0.1, 0.15) is 0 Å². The molecule has 1 aromatic rings. The highest BCUT2D eigenvalue weighted by Gasteiger charge is 2.69. The molecule has 0 aromatic heterocycles. The van der Waals surface area contributed by atoms with Crippen LogP contribution in [0.2, 0.25) is 0 Å². The molecule has 0 bridgehead atoms. The Bertz CT molecular complexity index is 853. The van der Waals surface area contributed by atoms with Crippen molar-refractivity contribution >= 4 is 11.8 Å². The van der Waals surface area contributed by atoms with Gasteiger partial charge in [0.15, 0.2) is 0 Å². The van der Waals surface area contributed by atoms with Gasteiger partial charge in [-0.2, -0.15) is 0 Å². The number of benzene rings is 1. The van der Waals surface area contributed by atoms with Crippen LogP contribution < -0.4 is 0 Å². The van der Waals surface area contributed by atoms with E-state index in [9.17, 15) is 9.59 Å². The Hall–Kier alpha value is -2.28. The molecule has 4 heteroatoms. The van der Waals surface area contributed by atoms with Gasteiger partial charge < -0.3 is 9.80 Å². The van der Waals surface area contributed by atoms with E-state index in [-0.39, 0.29) is 28.1 Å². The Labute approximate surface area is 174 Å². The summed E-state index contributed by atoms with van der Waals surface area (Å²) in [7, 11) is 0. The summed E-state index contributed by atoms with van der Waals surface area (Å²) >= 11 is 0. The molecule has 29 heavy (non-hydrogen) atoms. The lowest BCUT2D eigenvalue weighted by molar-refractivity contribution is -0.134. The molecule has 2 heterocycles. The van der Waals surface area contributed by atoms with Crippen LogP contribution in [0.25, 0.3) is 0 Å². The fraction of sp³-hybridized carbons (Fsp3) is 0.600. The van der Waals surface area contributed by atoms with Crippen molar-refractivity contribution in [2.45, 2.75) is 47.0 Å². The molecule has 0 N–H and O–H groups in total. The van der Waals surface area contributed by atoms with Gasteiger partial charge in [-0.25, -0.2) is 0 Å². The third-order valence-electron chi connectivity index (χ3n) is 8.22. The second-order valence-corrected chi connectivity index (χ2v) is 10.3. The Morgan fingerprint density at radius 1 is 0.897 bits per heavy atom. The van der Waals surface area contributed by atoms with E-state index >= 15 is 0 Å². The summed E-state index contributed by atoms with van der Waals surface area (Å²) in [5, 5.41) is 0. The summed E-state index contributed by atoms with van der Waals surface area (Å²) in [5.41, 5.74) is 1.23. The molecule has 1 spiro atoms. The monoisotopic (exact) mass is 392 g/mol. The van der Waals surface area contributed by atoms with Crippen LogP contribution in [-0.2, 0) is 9.59 Å². The van der Waals surface area contributed by atoms with Crippen molar-refractivity contribution in [3.8, 4) is 11.8 Å². The van der Waals surface area contributed by atoms with Crippen molar-refractivity contribution in [1.82, 2.24) is 9.80 Å². The van der Waals surface area contributed by atoms with E-state index in [1.54, 1.807) is 0 Å². The van der Waals surface area contributed by atoms with Gasteiger partial charge in [0.2, 0.25) is 5.91 Å². The van der Waals surface area contributed by atoms with Crippen molar-refractivity contribution in [2.75, 3.05) is 26.2 Å². The largest absolute Gasteiger partial charge is 0.342 e. The highest BCUT2D eigenvalue weighted by molar-refractivity contribution is 5.94. The Morgan fingerprint density at radius 2 is 1.45 bits per heavy atom. The molecule has 3 fully saturated rings. The zero-order valence-corrected chi connectivity index (χ0v) is 18.1. The third-order valence-corrected chi connectivity index (χ3v) is 8.22. The number of hydrogen-bond acceptors (Lipinski definition) is 2. The zero-order valence-electron chi connectivity index (χ0n) is 18.1. The summed E-state index contributed by atoms with van der Waals surface area (Å²) in [6, 6.07) is 9.63. The van der Waals surface area contributed by atoms with E-state index in [0.717, 1.165) is 51.0 Å². The molecule has 154 valence electrons. The first-order valence-electron chi connectivity index (χ1n) is 10.8. The number of carbonyl (C=O) groups excluding carboxylic acids is 2. The molecule has 0 unspecified atom stereocenters. The number of piperidine rings is 1. The molecular formula is C25H32N2O2. The van der Waals surface area contributed by atoms with Crippen LogP contribution in [0.15, 0.2) is 30.3 Å². The van der Waals surface area contributed by atoms with Crippen LogP contribution in [0.3, 0.4) is 0 Å². The Kier molecular flexibility index (Phi) is 4.76. The molecule has 4 nitrogen and oxygen atoms in total. The first-order chi connectivity index (χ1) is 13.7. The maximum atomic E-state index is 13.1. The second kappa shape index (κ2) is 6.90. The summed E-state index contributed by atoms with van der Waals surface area (Å²) < 4.78 is 0. The van der Waals surface area contributed by atoms with Crippen LogP contribution in [0.1, 0.15) is 52.5 Å². The fourth-order valence-electron chi connectivity index (χ4n) is 5.44. The van der Waals surface area contributed by atoms with E-state index in [1.807, 2.05) is 35.2 Å². The minimum Gasteiger partial charge on any atom is -0.342 e. The molecule has 0 atom stereocenters. The van der Waals surface area contributed by atoms with E-state index in [1.165, 1.54) is 0 Å². The van der Waals surface area contributed by atoms with Crippen LogP contribution in [0.4, 0.5) is 0 Å². The van der Waals surface area contributed by atoms with Gasteiger partial charge in [0.25, 0.3) is 5.91 Å². The molecule has 0 radical (unpaired) electrons. The third kappa shape index (κ3) is 3.45. The van der Waals surface area contributed by atoms with Gasteiger partial charge >= 0.3 is 0 Å². The van der Waals surface area contributed by atoms with E-state index in [2.05, 4.69) is 44.4 Å². The minimum atomic E-state index is -0.0869. The Balaban J connectivity index is 1.33. The molecule has 4 rings (SSSR count). The van der Waals surface area contributed by atoms with Gasteiger partial charge in [-0.05, 0) is 47.6 Å². The second-order valence-electron chi connectivity index (χ2n) is 10.3. The van der Waals surface area contributed by atoms with Crippen molar-refractivity contribution < 1.29 is 9.59 Å². The van der Waals surface area contributed by atoms with Crippen LogP contribution >= 0.6 is 0 Å². The predicted octanol–water partition coefficient (Wildman–Crippen LogP) is 3.56. The summed E-state index contributed by atoms with van der Waals surface area (Å²) in [5.74, 6) is 6.14. The molecule has 1 aliphatic carbocycles. The van der Waals surface area contributed by atoms with E-state index in [4.69, 9.17) is 0 Å². The lowest BCUT2D eigenvalue weighted by atomic mass is 9.78. The smallest absolute Gasteiger partial charge is 0.298 e. The summed E-state index contributed by atoms with van der Waals surface area (Å²) in [6.07, 6.45) is 2.99. The molecule has 2 aliphatic heterocycles. The van der Waals surface area contributed by atoms with E-state index in [0.29, 0.717) is 5.91 Å². The minimum absolute atomic E-state index is 0.0869. The van der Waals surface area contributed by atoms with Crippen molar-refractivity contribution in [3.63, 3.8) is 0 Å². The number of nitrogens with zero attached hydrogens (tertiary/aromatic N) is 2. The van der Waals surface area contributed by atoms with Crippen LogP contribution in [-0.4, -0.2) is 47.8 Å². The number of rotatable bonds is 1. The van der Waals surface area contributed by atoms with Crippen LogP contribution in [0, 0.1) is 34.0 Å². The molecule has 2 amide bonds. The predicted molar refractivity (Wildman–Crippen MR) is 114 cm³/mol. The van der Waals surface area contributed by atoms with Crippen molar-refractivity contribution in [2.24, 2.45) is 22.2 Å². The fourth-order valence-corrected chi connectivity index (χ4v) is 5.44. The molecule has 1 aromatic carbocycles. The number of carbonyl (C=O) groups is 2. The lowest BCUT2D eigenvalue weighted by Crippen LogP contribution is -2.44. The van der Waals surface area contributed by atoms with Gasteiger partial charge in [0, 0.05) is 43.6 Å². The standard InChI is InChI=1S/C25H32N2O2/c1-23(2)21(24(23,3)4)22(29)27-17-14-25(18-27)12-15-26(16-13-25)20(28)11-10-19-8-6-5-7-9-19/h5-9,21H,12-18H2,1-4H3. The zero-order chi connectivity index (χ0) is 20.9. The number of hydrogen-bond donors (Lipinski definition) is 0. The normalized spacial score (nSPS) is 24.1. The number of likely N-dealkylation sites (tertiary alicyclic amines) is 2. The van der Waals surface area contributed by atoms with Gasteiger partial charge in [-0.3, -0.25) is 9.59 Å². The maximum absolute atomic E-state index is 13.1. The first-order valence-corrected chi connectivity index (χ1v) is 10.8. The highest BCUT2D eigenvalue weighted by atomic mass is 16.2. The average Bonchev–Trinajstić information content (AvgIpc) is 2.97. The molecule has 1 saturated carbocycles. The van der Waals surface area contributed by atoms with Gasteiger partial charge in [0.05, 0.1) is 0 Å². The van der Waals surface area contributed by atoms with Gasteiger partial charge in [-0.1, -0.05) is 51.8 Å². The quantitative estimate of drug-likeness (QED) is 0.686. The Morgan fingerprint density at radius 3 is 2.00 bits per heavy atom. The first kappa shape index (κ1) is 20.0. The topological polar surface area (TPSA) is 40.6 Å². The molecule has 2 saturated heterocycles. The SMILES string of the molecule is CC1(C)C(C(=O)N2CCC3(CCN(C(=O)C#Cc4ccccc4)CC3)C2)C1(C)C. The molecule has 3 aliphatic rings. The van der Waals surface area contributed by atoms with E-state index < -0.39 is 0 Å². The summed E-state index contributed by atoms with van der Waals surface area (Å²) in [4.78, 5) is 29.6. The summed E-state index contributed by atoms with van der Waals surface area (Å²) in [6.45, 7) is 12.0. The van der Waals surface area contributed by atoms with Crippen molar-refractivity contribution in [1.29, 1.82) is 0 Å². The number of amides is 2. The molecular weight excluding hydrogens is 360 g/mol. The van der Waals surface area contributed by atoms with Crippen LogP contribution in [0.5, 0.6) is 0 Å². The highest BCUT2D eigenvalue weighted by Crippen LogP contribution is 2.69.